The zero-order valence-corrected chi connectivity index (χ0v) is 8.68. The Labute approximate surface area is 98.5 Å². The Hall–Kier alpha value is -2.30. The second kappa shape index (κ2) is 4.91. The van der Waals surface area contributed by atoms with Crippen LogP contribution in [0.2, 0.25) is 0 Å². The van der Waals surface area contributed by atoms with E-state index in [2.05, 4.69) is 0 Å². The molecule has 8 heteroatoms. The van der Waals surface area contributed by atoms with Gasteiger partial charge in [-0.1, -0.05) is 0 Å². The van der Waals surface area contributed by atoms with E-state index in [1.165, 1.54) is 6.07 Å². The lowest BCUT2D eigenvalue weighted by Gasteiger charge is -2.13. The monoisotopic (exact) mass is 262 g/mol. The Morgan fingerprint density at radius 3 is 2.56 bits per heavy atom. The number of nitrogens with zero attached hydrogens (tertiary/aromatic N) is 1. The molecule has 1 rings (SSSR count). The number of rotatable bonds is 2. The molecule has 1 aromatic rings. The third kappa shape index (κ3) is 2.88. The maximum absolute atomic E-state index is 13.0. The van der Waals surface area contributed by atoms with Gasteiger partial charge in [0.15, 0.2) is 5.75 Å². The quantitative estimate of drug-likeness (QED) is 0.635. The molecule has 0 fully saturated rings. The average Bonchev–Trinajstić information content (AvgIpc) is 2.21. The highest BCUT2D eigenvalue weighted by molar-refractivity contribution is 5.93. The summed E-state index contributed by atoms with van der Waals surface area (Å²) in [6, 6.07) is 2.71. The molecule has 0 bridgehead atoms. The van der Waals surface area contributed by atoms with Crippen molar-refractivity contribution >= 4 is 11.6 Å². The van der Waals surface area contributed by atoms with E-state index in [1.54, 1.807) is 0 Å². The number of phenols is 1. The van der Waals surface area contributed by atoms with Gasteiger partial charge in [0.1, 0.15) is 17.8 Å². The molecular formula is C10H6F4N2O2. The van der Waals surface area contributed by atoms with Crippen LogP contribution in [-0.4, -0.2) is 11.0 Å². The smallest absolute Gasteiger partial charge is 0.422 e. The first-order valence-electron chi connectivity index (χ1n) is 4.53. The number of carbonyl (C=O) groups excluding carboxylic acids is 1. The number of nitrogens with one attached hydrogen (secondary N) is 1. The van der Waals surface area contributed by atoms with Crippen LogP contribution in [0, 0.1) is 17.1 Å². The number of nitriles is 1. The van der Waals surface area contributed by atoms with E-state index in [4.69, 9.17) is 5.26 Å². The molecule has 0 atom stereocenters. The summed E-state index contributed by atoms with van der Waals surface area (Å²) in [5, 5.41) is 19.3. The Morgan fingerprint density at radius 1 is 1.44 bits per heavy atom. The molecule has 1 amide bonds. The van der Waals surface area contributed by atoms with Crippen molar-refractivity contribution in [3.8, 4) is 11.8 Å². The molecule has 0 spiro atoms. The molecule has 96 valence electrons. The maximum Gasteiger partial charge on any atom is 0.422 e. The van der Waals surface area contributed by atoms with Crippen molar-refractivity contribution in [2.24, 2.45) is 0 Å². The number of amides is 1. The molecule has 0 aliphatic heterocycles. The van der Waals surface area contributed by atoms with Crippen molar-refractivity contribution in [2.45, 2.75) is 12.6 Å². The third-order valence-electron chi connectivity index (χ3n) is 1.92. The van der Waals surface area contributed by atoms with Crippen LogP contribution in [0.3, 0.4) is 0 Å². The van der Waals surface area contributed by atoms with Crippen LogP contribution in [0.25, 0.3) is 0 Å². The molecule has 0 heterocycles. The van der Waals surface area contributed by atoms with E-state index in [9.17, 15) is 27.5 Å². The molecule has 2 N–H and O–H groups in total. The van der Waals surface area contributed by atoms with Gasteiger partial charge in [0.05, 0.1) is 11.8 Å². The van der Waals surface area contributed by atoms with Gasteiger partial charge in [-0.25, -0.2) is 4.39 Å². The molecule has 0 aliphatic carbocycles. The van der Waals surface area contributed by atoms with Gasteiger partial charge in [-0.15, -0.1) is 0 Å². The summed E-state index contributed by atoms with van der Waals surface area (Å²) in [6.45, 7) is 0. The first kappa shape index (κ1) is 13.8. The van der Waals surface area contributed by atoms with Crippen molar-refractivity contribution in [2.75, 3.05) is 5.32 Å². The largest absolute Gasteiger partial charge is 0.505 e. The SMILES string of the molecule is N#CCC(=O)Nc1ccc(F)c(C(F)(F)F)c1O. The van der Waals surface area contributed by atoms with Crippen molar-refractivity contribution in [3.05, 3.63) is 23.5 Å². The van der Waals surface area contributed by atoms with Crippen molar-refractivity contribution in [1.82, 2.24) is 0 Å². The topological polar surface area (TPSA) is 73.1 Å². The van der Waals surface area contributed by atoms with Crippen molar-refractivity contribution in [1.29, 1.82) is 5.26 Å². The molecule has 0 aromatic heterocycles. The average molecular weight is 262 g/mol. The fourth-order valence-corrected chi connectivity index (χ4v) is 1.20. The van der Waals surface area contributed by atoms with Crippen LogP contribution in [0.4, 0.5) is 23.2 Å². The van der Waals surface area contributed by atoms with Crippen LogP contribution in [-0.2, 0) is 11.0 Å². The van der Waals surface area contributed by atoms with Crippen LogP contribution >= 0.6 is 0 Å². The van der Waals surface area contributed by atoms with E-state index in [0.29, 0.717) is 6.07 Å². The lowest BCUT2D eigenvalue weighted by molar-refractivity contribution is -0.141. The number of benzene rings is 1. The van der Waals surface area contributed by atoms with Gasteiger partial charge in [-0.05, 0) is 12.1 Å². The molecule has 0 aliphatic rings. The van der Waals surface area contributed by atoms with Crippen LogP contribution < -0.4 is 5.32 Å². The Morgan fingerprint density at radius 2 is 2.06 bits per heavy atom. The van der Waals surface area contributed by atoms with E-state index in [1.807, 2.05) is 5.32 Å². The van der Waals surface area contributed by atoms with E-state index >= 15 is 0 Å². The Balaban J connectivity index is 3.18. The minimum absolute atomic E-state index is 0.463. The van der Waals surface area contributed by atoms with Gasteiger partial charge in [-0.3, -0.25) is 4.79 Å². The molecule has 0 saturated heterocycles. The highest BCUT2D eigenvalue weighted by Crippen LogP contribution is 2.41. The first-order chi connectivity index (χ1) is 8.27. The number of hydrogen-bond donors (Lipinski definition) is 2. The van der Waals surface area contributed by atoms with Gasteiger partial charge in [0, 0.05) is 0 Å². The molecule has 0 saturated carbocycles. The van der Waals surface area contributed by atoms with Crippen LogP contribution in [0.15, 0.2) is 12.1 Å². The summed E-state index contributed by atoms with van der Waals surface area (Å²) >= 11 is 0. The predicted octanol–water partition coefficient (Wildman–Crippen LogP) is 2.40. The minimum atomic E-state index is -5.09. The Bertz CT molecular complexity index is 520. The molecule has 0 radical (unpaired) electrons. The molecule has 1 aromatic carbocycles. The number of hydrogen-bond acceptors (Lipinski definition) is 3. The summed E-state index contributed by atoms with van der Waals surface area (Å²) in [5.74, 6) is -3.99. The van der Waals surface area contributed by atoms with Crippen LogP contribution in [0.5, 0.6) is 5.75 Å². The van der Waals surface area contributed by atoms with E-state index < -0.39 is 41.3 Å². The van der Waals surface area contributed by atoms with Gasteiger partial charge in [0.25, 0.3) is 0 Å². The zero-order valence-electron chi connectivity index (χ0n) is 8.68. The highest BCUT2D eigenvalue weighted by Gasteiger charge is 2.38. The summed E-state index contributed by atoms with van der Waals surface area (Å²) in [6.07, 6.45) is -5.69. The molecule has 4 nitrogen and oxygen atoms in total. The lowest BCUT2D eigenvalue weighted by Crippen LogP contribution is -2.14. The minimum Gasteiger partial charge on any atom is -0.505 e. The number of carbonyl (C=O) groups is 1. The highest BCUT2D eigenvalue weighted by atomic mass is 19.4. The standard InChI is InChI=1S/C10H6F4N2O2/c11-5-1-2-6(16-7(17)3-4-15)9(18)8(5)10(12,13)14/h1-2,18H,3H2,(H,16,17). The maximum atomic E-state index is 13.0. The van der Waals surface area contributed by atoms with Crippen molar-refractivity contribution < 1.29 is 27.5 Å². The predicted molar refractivity (Wildman–Crippen MR) is 51.9 cm³/mol. The summed E-state index contributed by atoms with van der Waals surface area (Å²) in [4.78, 5) is 11.0. The molecule has 18 heavy (non-hydrogen) atoms. The summed E-state index contributed by atoms with van der Waals surface area (Å²) in [7, 11) is 0. The number of halogens is 4. The Kier molecular flexibility index (Phi) is 3.76. The van der Waals surface area contributed by atoms with Crippen molar-refractivity contribution in [3.63, 3.8) is 0 Å². The van der Waals surface area contributed by atoms with E-state index in [-0.39, 0.29) is 0 Å². The third-order valence-corrected chi connectivity index (χ3v) is 1.92. The molecular weight excluding hydrogens is 256 g/mol. The van der Waals surface area contributed by atoms with Gasteiger partial charge >= 0.3 is 6.18 Å². The summed E-state index contributed by atoms with van der Waals surface area (Å²) in [5.41, 5.74) is -2.47. The second-order valence-corrected chi connectivity index (χ2v) is 3.20. The fourth-order valence-electron chi connectivity index (χ4n) is 1.20. The second-order valence-electron chi connectivity index (χ2n) is 3.20. The number of anilines is 1. The normalized spacial score (nSPS) is 10.8. The van der Waals surface area contributed by atoms with Gasteiger partial charge in [-0.2, -0.15) is 18.4 Å². The van der Waals surface area contributed by atoms with Gasteiger partial charge in [0.2, 0.25) is 5.91 Å². The number of alkyl halides is 3. The fraction of sp³-hybridized carbons (Fsp3) is 0.200. The molecule has 0 unspecified atom stereocenters. The number of phenolic OH excluding ortho intramolecular Hbond substituents is 1. The van der Waals surface area contributed by atoms with Crippen LogP contribution in [0.1, 0.15) is 12.0 Å². The first-order valence-corrected chi connectivity index (χ1v) is 4.53. The van der Waals surface area contributed by atoms with E-state index in [0.717, 1.165) is 6.07 Å². The summed E-state index contributed by atoms with van der Waals surface area (Å²) < 4.78 is 50.2. The number of aromatic hydroxyl groups is 1. The lowest BCUT2D eigenvalue weighted by atomic mass is 10.1. The van der Waals surface area contributed by atoms with Gasteiger partial charge < -0.3 is 10.4 Å². The zero-order chi connectivity index (χ0) is 13.9.